The highest BCUT2D eigenvalue weighted by molar-refractivity contribution is 5.73. The van der Waals surface area contributed by atoms with Crippen molar-refractivity contribution in [2.45, 2.75) is 89.8 Å². The zero-order valence-corrected chi connectivity index (χ0v) is 25.1. The van der Waals surface area contributed by atoms with Crippen molar-refractivity contribution >= 4 is 5.97 Å². The van der Waals surface area contributed by atoms with Crippen molar-refractivity contribution in [1.82, 2.24) is 20.0 Å². The van der Waals surface area contributed by atoms with Crippen LogP contribution < -0.4 is 5.32 Å². The highest BCUT2D eigenvalue weighted by atomic mass is 16.4. The van der Waals surface area contributed by atoms with Crippen LogP contribution in [0.15, 0.2) is 66.7 Å². The molecule has 0 radical (unpaired) electrons. The number of aryl methyl sites for hydroxylation is 1. The molecular formula is C35H48N4O2. The van der Waals surface area contributed by atoms with Gasteiger partial charge in [-0.25, -0.2) is 0 Å². The third-order valence-electron chi connectivity index (χ3n) is 9.25. The molecule has 2 aromatic carbocycles. The number of hydrogen-bond donors (Lipinski definition) is 2. The lowest BCUT2D eigenvalue weighted by Crippen LogP contribution is -2.43. The molecule has 0 amide bonds. The molecule has 6 heteroatoms. The van der Waals surface area contributed by atoms with Crippen LogP contribution in [0.3, 0.4) is 0 Å². The Bertz CT molecular complexity index is 1230. The number of piperidine rings is 1. The fourth-order valence-corrected chi connectivity index (χ4v) is 7.27. The van der Waals surface area contributed by atoms with Gasteiger partial charge in [-0.05, 0) is 87.1 Å². The summed E-state index contributed by atoms with van der Waals surface area (Å²) in [6.07, 6.45) is 5.92. The fraction of sp³-hybridized carbons (Fsp3) is 0.543. The van der Waals surface area contributed by atoms with Crippen molar-refractivity contribution in [3.8, 4) is 0 Å². The molecule has 3 aromatic rings. The van der Waals surface area contributed by atoms with Crippen LogP contribution in [0.5, 0.6) is 0 Å². The topological polar surface area (TPSA) is 70.4 Å². The number of carbonyl (C=O) groups is 1. The third kappa shape index (κ3) is 7.66. The van der Waals surface area contributed by atoms with E-state index in [1.807, 2.05) is 0 Å². The quantitative estimate of drug-likeness (QED) is 0.273. The Balaban J connectivity index is 1.22. The van der Waals surface area contributed by atoms with Crippen molar-refractivity contribution in [2.24, 2.45) is 11.8 Å². The molecule has 0 spiro atoms. The Labute approximate surface area is 246 Å². The smallest absolute Gasteiger partial charge is 0.320 e. The van der Waals surface area contributed by atoms with E-state index >= 15 is 0 Å². The van der Waals surface area contributed by atoms with E-state index in [0.717, 1.165) is 58.3 Å². The molecule has 1 aliphatic heterocycles. The van der Waals surface area contributed by atoms with Crippen molar-refractivity contribution in [1.29, 1.82) is 0 Å². The number of nitrogens with zero attached hydrogens (tertiary/aromatic N) is 3. The number of carboxylic acid groups (broad SMARTS) is 1. The monoisotopic (exact) mass is 556 g/mol. The maximum atomic E-state index is 12.0. The van der Waals surface area contributed by atoms with Crippen LogP contribution in [0.2, 0.25) is 0 Å². The largest absolute Gasteiger partial charge is 0.480 e. The third-order valence-corrected chi connectivity index (χ3v) is 9.25. The molecule has 1 aliphatic carbocycles. The van der Waals surface area contributed by atoms with E-state index in [1.165, 1.54) is 22.5 Å². The summed E-state index contributed by atoms with van der Waals surface area (Å²) in [6, 6.07) is 23.6. The highest BCUT2D eigenvalue weighted by Gasteiger charge is 2.38. The van der Waals surface area contributed by atoms with Crippen LogP contribution in [0.4, 0.5) is 0 Å². The molecule has 1 saturated heterocycles. The van der Waals surface area contributed by atoms with E-state index in [-0.39, 0.29) is 6.04 Å². The molecule has 4 atom stereocenters. The predicted octanol–water partition coefficient (Wildman–Crippen LogP) is 6.32. The minimum atomic E-state index is -0.723. The Morgan fingerprint density at radius 3 is 2.34 bits per heavy atom. The lowest BCUT2D eigenvalue weighted by Gasteiger charge is -2.35. The molecule has 0 bridgehead atoms. The van der Waals surface area contributed by atoms with Gasteiger partial charge in [0, 0.05) is 37.2 Å². The molecule has 5 rings (SSSR count). The first-order valence-electron chi connectivity index (χ1n) is 15.8. The van der Waals surface area contributed by atoms with E-state index in [1.54, 1.807) is 0 Å². The summed E-state index contributed by atoms with van der Waals surface area (Å²) in [6.45, 7) is 10.6. The summed E-state index contributed by atoms with van der Waals surface area (Å²) in [5.74, 6) is 1.17. The summed E-state index contributed by atoms with van der Waals surface area (Å²) >= 11 is 0. The van der Waals surface area contributed by atoms with Gasteiger partial charge in [0.2, 0.25) is 0 Å². The molecule has 41 heavy (non-hydrogen) atoms. The van der Waals surface area contributed by atoms with Crippen LogP contribution in [-0.2, 0) is 17.8 Å². The molecule has 2 fully saturated rings. The van der Waals surface area contributed by atoms with Crippen LogP contribution in [0.1, 0.15) is 87.2 Å². The summed E-state index contributed by atoms with van der Waals surface area (Å²) in [7, 11) is 0. The van der Waals surface area contributed by atoms with Gasteiger partial charge in [0.15, 0.2) is 0 Å². The summed E-state index contributed by atoms with van der Waals surface area (Å²) < 4.78 is 2.23. The second-order valence-corrected chi connectivity index (χ2v) is 12.7. The molecule has 1 aromatic heterocycles. The number of aromatic nitrogens is 2. The lowest BCUT2D eigenvalue weighted by atomic mass is 9.87. The Hall–Kier alpha value is -2.96. The standard InChI is InChI=1S/C35H48N4O2/c1-4-39-34(23-31(37-39)20-26-11-7-5-8-12-26)28-15-17-38(18-16-28)24-29-21-30(36-33(35(40)41)19-25(2)3)22-32(29)27-13-9-6-10-14-27/h5-14,23,25,28-30,32-33,36H,4,15-22,24H2,1-3H3,(H,40,41)/t29?,30?,32?,33-/m1/s1. The minimum Gasteiger partial charge on any atom is -0.480 e. The number of benzene rings is 2. The molecule has 6 nitrogen and oxygen atoms in total. The van der Waals surface area contributed by atoms with Gasteiger partial charge in [-0.2, -0.15) is 5.10 Å². The van der Waals surface area contributed by atoms with E-state index in [2.05, 4.69) is 102 Å². The van der Waals surface area contributed by atoms with Gasteiger partial charge in [-0.1, -0.05) is 74.5 Å². The molecular weight excluding hydrogens is 508 g/mol. The minimum absolute atomic E-state index is 0.240. The van der Waals surface area contributed by atoms with E-state index in [4.69, 9.17) is 5.10 Å². The van der Waals surface area contributed by atoms with Gasteiger partial charge in [0.1, 0.15) is 6.04 Å². The maximum Gasteiger partial charge on any atom is 0.320 e. The first kappa shape index (κ1) is 29.5. The van der Waals surface area contributed by atoms with E-state index in [9.17, 15) is 9.90 Å². The second-order valence-electron chi connectivity index (χ2n) is 12.7. The maximum absolute atomic E-state index is 12.0. The van der Waals surface area contributed by atoms with Gasteiger partial charge in [-0.15, -0.1) is 0 Å². The van der Waals surface area contributed by atoms with Crippen molar-refractivity contribution in [3.05, 3.63) is 89.2 Å². The molecule has 1 saturated carbocycles. The van der Waals surface area contributed by atoms with Crippen LogP contribution in [0.25, 0.3) is 0 Å². The van der Waals surface area contributed by atoms with E-state index < -0.39 is 12.0 Å². The number of likely N-dealkylation sites (tertiary alicyclic amines) is 1. The van der Waals surface area contributed by atoms with Crippen molar-refractivity contribution in [2.75, 3.05) is 19.6 Å². The van der Waals surface area contributed by atoms with Gasteiger partial charge in [0.25, 0.3) is 0 Å². The zero-order chi connectivity index (χ0) is 28.8. The number of rotatable bonds is 12. The molecule has 220 valence electrons. The first-order chi connectivity index (χ1) is 19.9. The normalized spacial score (nSPS) is 22.8. The average Bonchev–Trinajstić information content (AvgIpc) is 3.57. The van der Waals surface area contributed by atoms with Gasteiger partial charge in [-0.3, -0.25) is 9.48 Å². The summed E-state index contributed by atoms with van der Waals surface area (Å²) in [5.41, 5.74) is 5.27. The van der Waals surface area contributed by atoms with Gasteiger partial charge >= 0.3 is 5.97 Å². The lowest BCUT2D eigenvalue weighted by molar-refractivity contribution is -0.140. The zero-order valence-electron chi connectivity index (χ0n) is 25.1. The van der Waals surface area contributed by atoms with Gasteiger partial charge in [0.05, 0.1) is 5.69 Å². The average molecular weight is 557 g/mol. The molecule has 2 aliphatic rings. The van der Waals surface area contributed by atoms with Crippen LogP contribution in [0, 0.1) is 11.8 Å². The van der Waals surface area contributed by atoms with Crippen molar-refractivity contribution in [3.63, 3.8) is 0 Å². The highest BCUT2D eigenvalue weighted by Crippen LogP contribution is 2.41. The number of aliphatic carboxylic acids is 1. The Kier molecular flexibility index (Phi) is 9.94. The fourth-order valence-electron chi connectivity index (χ4n) is 7.27. The van der Waals surface area contributed by atoms with Crippen molar-refractivity contribution < 1.29 is 9.90 Å². The molecule has 3 unspecified atom stereocenters. The number of hydrogen-bond acceptors (Lipinski definition) is 4. The summed E-state index contributed by atoms with van der Waals surface area (Å²) in [4.78, 5) is 14.6. The van der Waals surface area contributed by atoms with Gasteiger partial charge < -0.3 is 15.3 Å². The summed E-state index contributed by atoms with van der Waals surface area (Å²) in [5, 5.41) is 18.4. The van der Waals surface area contributed by atoms with Crippen LogP contribution >= 0.6 is 0 Å². The first-order valence-corrected chi connectivity index (χ1v) is 15.8. The Morgan fingerprint density at radius 1 is 1.02 bits per heavy atom. The van der Waals surface area contributed by atoms with Crippen LogP contribution in [-0.4, -0.2) is 57.5 Å². The SMILES string of the molecule is CCn1nc(Cc2ccccc2)cc1C1CCN(CC2CC(N[C@H](CC(C)C)C(=O)O)CC2c2ccccc2)CC1. The second kappa shape index (κ2) is 13.8. The molecule has 2 heterocycles. The van der Waals surface area contributed by atoms with E-state index in [0.29, 0.717) is 30.1 Å². The number of carboxylic acids is 1. The number of nitrogens with one attached hydrogen (secondary N) is 1. The Morgan fingerprint density at radius 2 is 1.71 bits per heavy atom. The molecule has 2 N–H and O–H groups in total. The predicted molar refractivity (Wildman–Crippen MR) is 165 cm³/mol.